The van der Waals surface area contributed by atoms with Crippen molar-refractivity contribution in [3.8, 4) is 11.1 Å². The summed E-state index contributed by atoms with van der Waals surface area (Å²) in [6, 6.07) is 16.6. The molecule has 2 aromatic heterocycles. The van der Waals surface area contributed by atoms with Gasteiger partial charge in [-0.2, -0.15) is 0 Å². The predicted octanol–water partition coefficient (Wildman–Crippen LogP) is 5.45. The van der Waals surface area contributed by atoms with Crippen LogP contribution in [0.5, 0.6) is 0 Å². The second-order valence-corrected chi connectivity index (χ2v) is 10.2. The Morgan fingerprint density at radius 2 is 1.78 bits per heavy atom. The van der Waals surface area contributed by atoms with Gasteiger partial charge in [-0.25, -0.2) is 9.37 Å². The minimum atomic E-state index is -0.294. The minimum Gasteiger partial charge on any atom is -0.367 e. The van der Waals surface area contributed by atoms with Crippen LogP contribution < -0.4 is 10.2 Å². The van der Waals surface area contributed by atoms with Crippen molar-refractivity contribution < 1.29 is 9.18 Å². The molecule has 1 aliphatic heterocycles. The second kappa shape index (κ2) is 10.9. The SMILES string of the molecule is CC(C)NCC(C(=O)N1CCN(c2c(-c3ccccc3F)cnc3[nH]ccc23)CC1)c1ccc(Cl)cc1. The first-order chi connectivity index (χ1) is 17.9. The Morgan fingerprint density at radius 1 is 1.05 bits per heavy atom. The van der Waals surface area contributed by atoms with Gasteiger partial charge < -0.3 is 20.1 Å². The molecule has 1 aliphatic rings. The molecule has 0 radical (unpaired) electrons. The Balaban J connectivity index is 1.39. The van der Waals surface area contributed by atoms with Gasteiger partial charge in [-0.15, -0.1) is 0 Å². The molecule has 2 N–H and O–H groups in total. The number of nitrogens with zero attached hydrogens (tertiary/aromatic N) is 3. The monoisotopic (exact) mass is 519 g/mol. The standard InChI is InChI=1S/C29H31ClFN5O/c1-19(2)33-17-24(20-7-9-21(30)10-8-20)29(37)36-15-13-35(14-16-36)27-23-11-12-32-28(23)34-18-25(27)22-5-3-4-6-26(22)31/h3-12,18-19,24,33H,13-17H2,1-2H3,(H,32,34). The van der Waals surface area contributed by atoms with Gasteiger partial charge in [0.1, 0.15) is 11.5 Å². The van der Waals surface area contributed by atoms with Crippen LogP contribution in [0.15, 0.2) is 67.0 Å². The van der Waals surface area contributed by atoms with Crippen LogP contribution in [-0.4, -0.2) is 59.5 Å². The van der Waals surface area contributed by atoms with E-state index in [-0.39, 0.29) is 23.7 Å². The van der Waals surface area contributed by atoms with Crippen LogP contribution in [0.1, 0.15) is 25.3 Å². The fourth-order valence-corrected chi connectivity index (χ4v) is 5.10. The zero-order valence-corrected chi connectivity index (χ0v) is 21.8. The van der Waals surface area contributed by atoms with Crippen LogP contribution >= 0.6 is 11.6 Å². The highest BCUT2D eigenvalue weighted by Crippen LogP contribution is 2.38. The van der Waals surface area contributed by atoms with Crippen molar-refractivity contribution in [3.05, 3.63) is 83.4 Å². The van der Waals surface area contributed by atoms with E-state index in [4.69, 9.17) is 11.6 Å². The van der Waals surface area contributed by atoms with E-state index in [1.807, 2.05) is 47.5 Å². The number of rotatable bonds is 7. The van der Waals surface area contributed by atoms with Crippen LogP contribution in [0.3, 0.4) is 0 Å². The summed E-state index contributed by atoms with van der Waals surface area (Å²) in [4.78, 5) is 25.6. The molecule has 8 heteroatoms. The molecule has 37 heavy (non-hydrogen) atoms. The van der Waals surface area contributed by atoms with Gasteiger partial charge in [-0.05, 0) is 29.8 Å². The third kappa shape index (κ3) is 5.33. The molecule has 5 rings (SSSR count). The van der Waals surface area contributed by atoms with Gasteiger partial charge in [-0.3, -0.25) is 4.79 Å². The highest BCUT2D eigenvalue weighted by atomic mass is 35.5. The number of hydrogen-bond acceptors (Lipinski definition) is 4. The highest BCUT2D eigenvalue weighted by molar-refractivity contribution is 6.30. The quantitative estimate of drug-likeness (QED) is 0.340. The number of fused-ring (bicyclic) bond motifs is 1. The second-order valence-electron chi connectivity index (χ2n) is 9.72. The molecule has 1 fully saturated rings. The number of nitrogens with one attached hydrogen (secondary N) is 2. The largest absolute Gasteiger partial charge is 0.367 e. The Bertz CT molecular complexity index is 1380. The lowest BCUT2D eigenvalue weighted by atomic mass is 9.96. The van der Waals surface area contributed by atoms with Crippen molar-refractivity contribution in [1.29, 1.82) is 0 Å². The number of hydrogen-bond donors (Lipinski definition) is 2. The highest BCUT2D eigenvalue weighted by Gasteiger charge is 2.30. The molecule has 3 heterocycles. The minimum absolute atomic E-state index is 0.103. The average Bonchev–Trinajstić information content (AvgIpc) is 3.38. The molecular formula is C29H31ClFN5O. The smallest absolute Gasteiger partial charge is 0.231 e. The molecule has 1 amide bonds. The summed E-state index contributed by atoms with van der Waals surface area (Å²) in [6.45, 7) is 7.15. The number of aromatic nitrogens is 2. The molecule has 0 spiro atoms. The summed E-state index contributed by atoms with van der Waals surface area (Å²) in [5.41, 5.74) is 3.93. The van der Waals surface area contributed by atoms with E-state index < -0.39 is 0 Å². The van der Waals surface area contributed by atoms with E-state index in [1.165, 1.54) is 6.07 Å². The summed E-state index contributed by atoms with van der Waals surface area (Å²) in [5, 5.41) is 5.02. The van der Waals surface area contributed by atoms with Gasteiger partial charge in [0.2, 0.25) is 5.91 Å². The first-order valence-corrected chi connectivity index (χ1v) is 13.0. The molecular weight excluding hydrogens is 489 g/mol. The van der Waals surface area contributed by atoms with Gasteiger partial charge >= 0.3 is 0 Å². The summed E-state index contributed by atoms with van der Waals surface area (Å²) < 4.78 is 14.8. The van der Waals surface area contributed by atoms with Crippen LogP contribution in [-0.2, 0) is 4.79 Å². The maximum Gasteiger partial charge on any atom is 0.231 e. The van der Waals surface area contributed by atoms with Gasteiger partial charge in [0.15, 0.2) is 0 Å². The Morgan fingerprint density at radius 3 is 2.49 bits per heavy atom. The van der Waals surface area contributed by atoms with Crippen LogP contribution in [0.4, 0.5) is 10.1 Å². The predicted molar refractivity (Wildman–Crippen MR) is 148 cm³/mol. The number of benzene rings is 2. The number of carbonyl (C=O) groups excluding carboxylic acids is 1. The number of piperazine rings is 1. The van der Waals surface area contributed by atoms with Gasteiger partial charge in [0.25, 0.3) is 0 Å². The summed E-state index contributed by atoms with van der Waals surface area (Å²) in [6.07, 6.45) is 3.59. The van der Waals surface area contributed by atoms with E-state index >= 15 is 0 Å². The van der Waals surface area contributed by atoms with Crippen LogP contribution in [0.2, 0.25) is 5.02 Å². The summed E-state index contributed by atoms with van der Waals surface area (Å²) in [5.74, 6) is -0.471. The van der Waals surface area contributed by atoms with E-state index in [0.29, 0.717) is 43.3 Å². The zero-order valence-electron chi connectivity index (χ0n) is 21.0. The van der Waals surface area contributed by atoms with Crippen molar-refractivity contribution in [3.63, 3.8) is 0 Å². The number of carbonyl (C=O) groups is 1. The van der Waals surface area contributed by atoms with E-state index in [0.717, 1.165) is 27.8 Å². The number of H-pyrrole nitrogens is 1. The fourth-order valence-electron chi connectivity index (χ4n) is 4.98. The first-order valence-electron chi connectivity index (χ1n) is 12.7. The molecule has 1 unspecified atom stereocenters. The average molecular weight is 520 g/mol. The van der Waals surface area contributed by atoms with Gasteiger partial charge in [0, 0.05) is 72.7 Å². The summed E-state index contributed by atoms with van der Waals surface area (Å²) >= 11 is 6.10. The lowest BCUT2D eigenvalue weighted by Gasteiger charge is -2.38. The third-order valence-electron chi connectivity index (χ3n) is 6.93. The van der Waals surface area contributed by atoms with Crippen molar-refractivity contribution in [1.82, 2.24) is 20.2 Å². The Labute approximate surface area is 221 Å². The van der Waals surface area contributed by atoms with Crippen molar-refractivity contribution in [2.45, 2.75) is 25.8 Å². The molecule has 0 aliphatic carbocycles. The first kappa shape index (κ1) is 25.2. The molecule has 6 nitrogen and oxygen atoms in total. The van der Waals surface area contributed by atoms with E-state index in [9.17, 15) is 9.18 Å². The Kier molecular flexibility index (Phi) is 7.44. The summed E-state index contributed by atoms with van der Waals surface area (Å²) in [7, 11) is 0. The number of pyridine rings is 1. The van der Waals surface area contributed by atoms with Crippen molar-refractivity contribution in [2.24, 2.45) is 0 Å². The van der Waals surface area contributed by atoms with Gasteiger partial charge in [0.05, 0.1) is 11.6 Å². The van der Waals surface area contributed by atoms with Crippen molar-refractivity contribution >= 4 is 34.2 Å². The Hall–Kier alpha value is -3.42. The number of aromatic amines is 1. The lowest BCUT2D eigenvalue weighted by molar-refractivity contribution is -0.133. The molecule has 2 aromatic carbocycles. The number of amides is 1. The van der Waals surface area contributed by atoms with Crippen LogP contribution in [0.25, 0.3) is 22.2 Å². The maximum absolute atomic E-state index is 14.8. The maximum atomic E-state index is 14.8. The van der Waals surface area contributed by atoms with E-state index in [1.54, 1.807) is 18.3 Å². The molecule has 0 bridgehead atoms. The molecule has 1 saturated heterocycles. The van der Waals surface area contributed by atoms with Crippen molar-refractivity contribution in [2.75, 3.05) is 37.6 Å². The zero-order chi connectivity index (χ0) is 25.9. The number of halogens is 2. The molecule has 0 saturated carbocycles. The molecule has 192 valence electrons. The third-order valence-corrected chi connectivity index (χ3v) is 7.18. The number of anilines is 1. The normalized spacial score (nSPS) is 14.9. The lowest BCUT2D eigenvalue weighted by Crippen LogP contribution is -2.51. The van der Waals surface area contributed by atoms with Gasteiger partial charge in [-0.1, -0.05) is 55.8 Å². The van der Waals surface area contributed by atoms with Crippen LogP contribution in [0, 0.1) is 5.82 Å². The molecule has 4 aromatic rings. The fraction of sp³-hybridized carbons (Fsp3) is 0.310. The molecule has 1 atom stereocenters. The van der Waals surface area contributed by atoms with E-state index in [2.05, 4.69) is 34.0 Å². The topological polar surface area (TPSA) is 64.3 Å².